The molecule has 0 aliphatic rings. The number of aromatic nitrogens is 1. The zero-order valence-corrected chi connectivity index (χ0v) is 26.3. The molecule has 0 radical (unpaired) electrons. The number of amides is 3. The van der Waals surface area contributed by atoms with Crippen LogP contribution in [0.2, 0.25) is 0 Å². The van der Waals surface area contributed by atoms with Gasteiger partial charge in [-0.25, -0.2) is 17.9 Å². The summed E-state index contributed by atoms with van der Waals surface area (Å²) in [5, 5.41) is 18.0. The van der Waals surface area contributed by atoms with E-state index in [1.165, 1.54) is 7.11 Å². The summed E-state index contributed by atoms with van der Waals surface area (Å²) in [6, 6.07) is 12.0. The van der Waals surface area contributed by atoms with Gasteiger partial charge in [0.15, 0.2) is 0 Å². The lowest BCUT2D eigenvalue weighted by Crippen LogP contribution is -2.41. The molecular weight excluding hydrogens is 594 g/mol. The van der Waals surface area contributed by atoms with Gasteiger partial charge in [-0.1, -0.05) is 38.1 Å². The summed E-state index contributed by atoms with van der Waals surface area (Å²) in [6.45, 7) is 5.93. The van der Waals surface area contributed by atoms with Gasteiger partial charge in [0.1, 0.15) is 11.8 Å². The molecule has 14 heteroatoms. The van der Waals surface area contributed by atoms with Gasteiger partial charge in [-0.3, -0.25) is 9.59 Å². The first kappa shape index (κ1) is 33.5. The summed E-state index contributed by atoms with van der Waals surface area (Å²) in [4.78, 5) is 37.9. The number of methoxy groups -OCH3 is 1. The highest BCUT2D eigenvalue weighted by atomic mass is 32.2. The van der Waals surface area contributed by atoms with Crippen molar-refractivity contribution in [2.75, 3.05) is 24.0 Å². The smallest absolute Gasteiger partial charge is 0.323 e. The maximum Gasteiger partial charge on any atom is 0.323 e. The molecule has 2 atom stereocenters. The molecule has 0 saturated heterocycles. The molecule has 1 heterocycles. The Kier molecular flexibility index (Phi) is 11.6. The standard InChI is InChI=1S/C29H37N5O7S2/c1-17(2)12-23(26-16-20(33-42-26)15-24(28(36)37)34-43(5,39)40)30-27(35)14-19-10-11-22(25(13-19)41-4)32-29(38)31-21-9-7-6-8-18(21)3/h6-11,13,16-17,23-24,34H,12,14-15H2,1-5H3,(H,30,35)(H,36,37)(H2,31,32,38). The highest BCUT2D eigenvalue weighted by molar-refractivity contribution is 7.88. The molecule has 2 aromatic carbocycles. The topological polar surface area (TPSA) is 176 Å². The molecule has 232 valence electrons. The van der Waals surface area contributed by atoms with Crippen LogP contribution in [0.4, 0.5) is 16.2 Å². The number of hydrogen-bond acceptors (Lipinski definition) is 8. The Morgan fingerprint density at radius 2 is 1.74 bits per heavy atom. The zero-order chi connectivity index (χ0) is 31.7. The van der Waals surface area contributed by atoms with Crippen LogP contribution in [0.5, 0.6) is 5.75 Å². The second kappa shape index (κ2) is 14.9. The van der Waals surface area contributed by atoms with E-state index in [1.54, 1.807) is 30.3 Å². The number of aryl methyl sites for hydroxylation is 1. The second-order valence-electron chi connectivity index (χ2n) is 10.6. The first-order valence-electron chi connectivity index (χ1n) is 13.5. The molecule has 12 nitrogen and oxygen atoms in total. The molecule has 5 N–H and O–H groups in total. The predicted octanol–water partition coefficient (Wildman–Crippen LogP) is 4.10. The first-order valence-corrected chi connectivity index (χ1v) is 16.2. The van der Waals surface area contributed by atoms with E-state index in [4.69, 9.17) is 4.74 Å². The fourth-order valence-corrected chi connectivity index (χ4v) is 5.84. The molecule has 0 fully saturated rings. The highest BCUT2D eigenvalue weighted by Gasteiger charge is 2.25. The Balaban J connectivity index is 1.68. The van der Waals surface area contributed by atoms with E-state index >= 15 is 0 Å². The molecule has 3 rings (SSSR count). The Labute approximate surface area is 255 Å². The molecule has 3 aromatic rings. The summed E-state index contributed by atoms with van der Waals surface area (Å²) < 4.78 is 35.0. The van der Waals surface area contributed by atoms with Gasteiger partial charge in [-0.2, -0.15) is 4.37 Å². The van der Waals surface area contributed by atoms with Crippen LogP contribution in [0.15, 0.2) is 48.5 Å². The number of nitrogens with one attached hydrogen (secondary N) is 4. The summed E-state index contributed by atoms with van der Waals surface area (Å²) in [5.41, 5.74) is 3.13. The molecule has 1 aromatic heterocycles. The SMILES string of the molecule is COc1cc(CC(=O)NC(CC(C)C)c2cc(CC(NS(C)(=O)=O)C(=O)O)ns2)ccc1NC(=O)Nc1ccccc1C. The van der Waals surface area contributed by atoms with Crippen LogP contribution in [-0.2, 0) is 32.5 Å². The Bertz CT molecular complexity index is 1560. The van der Waals surface area contributed by atoms with E-state index in [0.717, 1.165) is 28.2 Å². The third-order valence-electron chi connectivity index (χ3n) is 6.30. The number of urea groups is 1. The number of anilines is 2. The van der Waals surface area contributed by atoms with Gasteiger partial charge in [-0.05, 0) is 66.2 Å². The van der Waals surface area contributed by atoms with E-state index < -0.39 is 28.1 Å². The van der Waals surface area contributed by atoms with Gasteiger partial charge >= 0.3 is 12.0 Å². The van der Waals surface area contributed by atoms with Crippen molar-refractivity contribution in [3.8, 4) is 5.75 Å². The fourth-order valence-electron chi connectivity index (χ4n) is 4.32. The number of rotatable bonds is 14. The summed E-state index contributed by atoms with van der Waals surface area (Å²) >= 11 is 1.13. The molecule has 0 aliphatic carbocycles. The number of aliphatic carboxylic acids is 1. The maximum atomic E-state index is 13.1. The number of hydrogen-bond donors (Lipinski definition) is 5. The van der Waals surface area contributed by atoms with Crippen molar-refractivity contribution >= 4 is 50.8 Å². The number of carboxylic acids is 1. The number of benzene rings is 2. The molecule has 3 amide bonds. The van der Waals surface area contributed by atoms with Crippen LogP contribution in [0.1, 0.15) is 48.0 Å². The third kappa shape index (κ3) is 10.6. The van der Waals surface area contributed by atoms with E-state index in [0.29, 0.717) is 34.8 Å². The average Bonchev–Trinajstić information content (AvgIpc) is 3.37. The third-order valence-corrected chi connectivity index (χ3v) is 7.95. The normalized spacial score (nSPS) is 12.8. The summed E-state index contributed by atoms with van der Waals surface area (Å²) in [7, 11) is -2.26. The van der Waals surface area contributed by atoms with Crippen LogP contribution in [-0.4, -0.2) is 55.2 Å². The van der Waals surface area contributed by atoms with Crippen molar-refractivity contribution in [3.05, 3.63) is 70.2 Å². The minimum absolute atomic E-state index is 0.0473. The highest BCUT2D eigenvalue weighted by Crippen LogP contribution is 2.28. The molecule has 43 heavy (non-hydrogen) atoms. The lowest BCUT2D eigenvalue weighted by atomic mass is 10.0. The maximum absolute atomic E-state index is 13.1. The summed E-state index contributed by atoms with van der Waals surface area (Å²) in [6.07, 6.45) is 1.42. The van der Waals surface area contributed by atoms with E-state index in [9.17, 15) is 27.9 Å². The Hall–Kier alpha value is -4.01. The van der Waals surface area contributed by atoms with Crippen LogP contribution < -0.4 is 25.4 Å². The van der Waals surface area contributed by atoms with Gasteiger partial charge in [0.25, 0.3) is 0 Å². The van der Waals surface area contributed by atoms with Crippen molar-refractivity contribution in [1.82, 2.24) is 14.4 Å². The van der Waals surface area contributed by atoms with Crippen molar-refractivity contribution in [2.24, 2.45) is 5.92 Å². The number of carboxylic acid groups (broad SMARTS) is 1. The minimum Gasteiger partial charge on any atom is -0.495 e. The van der Waals surface area contributed by atoms with Crippen molar-refractivity contribution < 1.29 is 32.6 Å². The predicted molar refractivity (Wildman–Crippen MR) is 166 cm³/mol. The number of carbonyl (C=O) groups excluding carboxylic acids is 2. The number of para-hydroxylation sites is 1. The van der Waals surface area contributed by atoms with Crippen molar-refractivity contribution in [3.63, 3.8) is 0 Å². The largest absolute Gasteiger partial charge is 0.495 e. The molecule has 0 saturated carbocycles. The monoisotopic (exact) mass is 631 g/mol. The minimum atomic E-state index is -3.73. The van der Waals surface area contributed by atoms with Gasteiger partial charge in [0.2, 0.25) is 15.9 Å². The lowest BCUT2D eigenvalue weighted by Gasteiger charge is -2.19. The van der Waals surface area contributed by atoms with E-state index in [2.05, 4.69) is 25.0 Å². The van der Waals surface area contributed by atoms with Gasteiger partial charge in [-0.15, -0.1) is 0 Å². The van der Waals surface area contributed by atoms with Gasteiger partial charge in [0.05, 0.1) is 37.2 Å². The number of nitrogens with zero attached hydrogens (tertiary/aromatic N) is 1. The molecular formula is C29H37N5O7S2. The molecule has 0 bridgehead atoms. The number of sulfonamides is 1. The van der Waals surface area contributed by atoms with Crippen LogP contribution in [0.3, 0.4) is 0 Å². The Morgan fingerprint density at radius 3 is 2.37 bits per heavy atom. The van der Waals surface area contributed by atoms with Crippen molar-refractivity contribution in [1.29, 1.82) is 0 Å². The molecule has 0 spiro atoms. The Morgan fingerprint density at radius 1 is 1.05 bits per heavy atom. The average molecular weight is 632 g/mol. The lowest BCUT2D eigenvalue weighted by molar-refractivity contribution is -0.139. The van der Waals surface area contributed by atoms with Gasteiger partial charge < -0.3 is 25.8 Å². The molecule has 2 unspecified atom stereocenters. The number of carbonyl (C=O) groups is 3. The van der Waals surface area contributed by atoms with E-state index in [1.807, 2.05) is 39.0 Å². The van der Waals surface area contributed by atoms with Crippen LogP contribution in [0, 0.1) is 12.8 Å². The zero-order valence-electron chi connectivity index (χ0n) is 24.6. The van der Waals surface area contributed by atoms with Crippen LogP contribution >= 0.6 is 11.5 Å². The fraction of sp³-hybridized carbons (Fsp3) is 0.379. The van der Waals surface area contributed by atoms with E-state index in [-0.39, 0.29) is 30.7 Å². The number of ether oxygens (including phenoxy) is 1. The van der Waals surface area contributed by atoms with Crippen LogP contribution in [0.25, 0.3) is 0 Å². The first-order chi connectivity index (χ1) is 20.2. The summed E-state index contributed by atoms with van der Waals surface area (Å²) in [5.74, 6) is -0.934. The van der Waals surface area contributed by atoms with Crippen molar-refractivity contribution in [2.45, 2.75) is 52.1 Å². The molecule has 0 aliphatic heterocycles. The second-order valence-corrected chi connectivity index (χ2v) is 13.2. The quantitative estimate of drug-likeness (QED) is 0.177. The van der Waals surface area contributed by atoms with Gasteiger partial charge in [0, 0.05) is 17.0 Å².